The van der Waals surface area contributed by atoms with Gasteiger partial charge in [-0.15, -0.1) is 11.3 Å². The van der Waals surface area contributed by atoms with Crippen molar-refractivity contribution in [1.29, 1.82) is 0 Å². The van der Waals surface area contributed by atoms with Gasteiger partial charge in [-0.3, -0.25) is 19.6 Å². The molecule has 2 aromatic rings. The molecule has 0 amide bonds. The highest BCUT2D eigenvalue weighted by molar-refractivity contribution is 7.12. The van der Waals surface area contributed by atoms with Crippen LogP contribution in [0, 0.1) is 10.1 Å². The van der Waals surface area contributed by atoms with Crippen molar-refractivity contribution in [1.82, 2.24) is 9.78 Å². The number of carbonyl (C=O) groups is 1. The van der Waals surface area contributed by atoms with Crippen LogP contribution in [0.1, 0.15) is 9.67 Å². The Kier molecular flexibility index (Phi) is 2.78. The molecule has 0 aliphatic heterocycles. The average Bonchev–Trinajstić information content (AvgIpc) is 2.87. The highest BCUT2D eigenvalue weighted by Crippen LogP contribution is 2.12. The number of nitro groups is 1. The van der Waals surface area contributed by atoms with E-state index in [0.717, 1.165) is 6.20 Å². The third-order valence-electron chi connectivity index (χ3n) is 1.93. The van der Waals surface area contributed by atoms with Crippen LogP contribution in [0.4, 0.5) is 5.69 Å². The standard InChI is InChI=1S/C9H7N3O3S/c13-8(9-2-1-3-16-9)6-11-5-7(4-10-11)12(14)15/h1-5H,6H2. The van der Waals surface area contributed by atoms with Gasteiger partial charge in [0.15, 0.2) is 5.78 Å². The van der Waals surface area contributed by atoms with Crippen LogP contribution in [0.2, 0.25) is 0 Å². The van der Waals surface area contributed by atoms with E-state index in [4.69, 9.17) is 0 Å². The first-order valence-corrected chi connectivity index (χ1v) is 5.28. The lowest BCUT2D eigenvalue weighted by Gasteiger charge is -1.96. The van der Waals surface area contributed by atoms with Crippen LogP contribution in [-0.2, 0) is 6.54 Å². The van der Waals surface area contributed by atoms with Crippen molar-refractivity contribution in [2.45, 2.75) is 6.54 Å². The molecule has 0 unspecified atom stereocenters. The van der Waals surface area contributed by atoms with Gasteiger partial charge in [0.1, 0.15) is 18.9 Å². The minimum absolute atomic E-state index is 0.0222. The highest BCUT2D eigenvalue weighted by Gasteiger charge is 2.12. The number of hydrogen-bond donors (Lipinski definition) is 0. The van der Waals surface area contributed by atoms with Crippen molar-refractivity contribution < 1.29 is 9.72 Å². The smallest absolute Gasteiger partial charge is 0.291 e. The van der Waals surface area contributed by atoms with Crippen molar-refractivity contribution in [3.05, 3.63) is 44.9 Å². The number of thiophene rings is 1. The third kappa shape index (κ3) is 2.14. The van der Waals surface area contributed by atoms with E-state index in [0.29, 0.717) is 4.88 Å². The number of nitrogens with zero attached hydrogens (tertiary/aromatic N) is 3. The number of carbonyl (C=O) groups excluding carboxylic acids is 1. The summed E-state index contributed by atoms with van der Waals surface area (Å²) in [6.07, 6.45) is 2.37. The summed E-state index contributed by atoms with van der Waals surface area (Å²) in [5.41, 5.74) is -0.112. The molecule has 0 bridgehead atoms. The highest BCUT2D eigenvalue weighted by atomic mass is 32.1. The van der Waals surface area contributed by atoms with Gasteiger partial charge >= 0.3 is 5.69 Å². The summed E-state index contributed by atoms with van der Waals surface area (Å²) >= 11 is 1.34. The molecule has 0 spiro atoms. The third-order valence-corrected chi connectivity index (χ3v) is 2.84. The van der Waals surface area contributed by atoms with E-state index in [-0.39, 0.29) is 18.0 Å². The molecule has 0 aliphatic rings. The Labute approximate surface area is 94.3 Å². The molecule has 2 rings (SSSR count). The van der Waals surface area contributed by atoms with E-state index in [1.54, 1.807) is 17.5 Å². The number of aromatic nitrogens is 2. The van der Waals surface area contributed by atoms with Gasteiger partial charge in [0.2, 0.25) is 0 Å². The fourth-order valence-electron chi connectivity index (χ4n) is 1.20. The first kappa shape index (κ1) is 10.5. The second-order valence-corrected chi connectivity index (χ2v) is 4.00. The molecule has 0 aliphatic carbocycles. The van der Waals surface area contributed by atoms with Crippen molar-refractivity contribution in [2.75, 3.05) is 0 Å². The molecule has 0 N–H and O–H groups in total. The fraction of sp³-hybridized carbons (Fsp3) is 0.111. The van der Waals surface area contributed by atoms with Crippen molar-refractivity contribution in [3.63, 3.8) is 0 Å². The topological polar surface area (TPSA) is 78.0 Å². The van der Waals surface area contributed by atoms with Gasteiger partial charge in [0, 0.05) is 0 Å². The van der Waals surface area contributed by atoms with Crippen molar-refractivity contribution in [2.24, 2.45) is 0 Å². The lowest BCUT2D eigenvalue weighted by Crippen LogP contribution is -2.09. The van der Waals surface area contributed by atoms with Gasteiger partial charge in [-0.2, -0.15) is 5.10 Å². The first-order valence-electron chi connectivity index (χ1n) is 4.40. The van der Waals surface area contributed by atoms with Crippen LogP contribution < -0.4 is 0 Å². The Bertz CT molecular complexity index is 518. The van der Waals surface area contributed by atoms with Crippen LogP contribution >= 0.6 is 11.3 Å². The molecule has 0 fully saturated rings. The van der Waals surface area contributed by atoms with Gasteiger partial charge in [-0.05, 0) is 11.4 Å². The van der Waals surface area contributed by atoms with Crippen LogP contribution in [0.25, 0.3) is 0 Å². The summed E-state index contributed by atoms with van der Waals surface area (Å²) in [6, 6.07) is 3.49. The lowest BCUT2D eigenvalue weighted by atomic mass is 10.3. The number of rotatable bonds is 4. The van der Waals surface area contributed by atoms with Gasteiger partial charge in [0.25, 0.3) is 0 Å². The summed E-state index contributed by atoms with van der Waals surface area (Å²) in [6.45, 7) is 0.0222. The number of ketones is 1. The Balaban J connectivity index is 2.09. The zero-order chi connectivity index (χ0) is 11.5. The predicted octanol–water partition coefficient (Wildman–Crippen LogP) is 1.74. The quantitative estimate of drug-likeness (QED) is 0.461. The van der Waals surface area contributed by atoms with Gasteiger partial charge in [0.05, 0.1) is 9.80 Å². The van der Waals surface area contributed by atoms with E-state index in [2.05, 4.69) is 5.10 Å². The fourth-order valence-corrected chi connectivity index (χ4v) is 1.85. The maximum atomic E-state index is 11.6. The maximum absolute atomic E-state index is 11.6. The van der Waals surface area contributed by atoms with E-state index in [9.17, 15) is 14.9 Å². The molecule has 82 valence electrons. The molecule has 0 atom stereocenters. The minimum Gasteiger partial charge on any atom is -0.291 e. The Morgan fingerprint density at radius 1 is 1.62 bits per heavy atom. The van der Waals surface area contributed by atoms with Crippen LogP contribution in [0.15, 0.2) is 29.9 Å². The largest absolute Gasteiger partial charge is 0.307 e. The van der Waals surface area contributed by atoms with E-state index >= 15 is 0 Å². The number of Topliss-reactive ketones (excluding diaryl/α,β-unsaturated/α-hetero) is 1. The first-order chi connectivity index (χ1) is 7.66. The van der Waals surface area contributed by atoms with Gasteiger partial charge in [-0.1, -0.05) is 6.07 Å². The summed E-state index contributed by atoms with van der Waals surface area (Å²) in [5, 5.41) is 15.9. The van der Waals surface area contributed by atoms with E-state index in [1.165, 1.54) is 22.2 Å². The van der Waals surface area contributed by atoms with E-state index < -0.39 is 4.92 Å². The van der Waals surface area contributed by atoms with Crippen molar-refractivity contribution >= 4 is 22.8 Å². The van der Waals surface area contributed by atoms with Crippen molar-refractivity contribution in [3.8, 4) is 0 Å². The Morgan fingerprint density at radius 2 is 2.44 bits per heavy atom. The summed E-state index contributed by atoms with van der Waals surface area (Å²) in [4.78, 5) is 22.1. The molecule has 0 radical (unpaired) electrons. The summed E-state index contributed by atoms with van der Waals surface area (Å²) < 4.78 is 1.26. The predicted molar refractivity (Wildman–Crippen MR) is 57.5 cm³/mol. The van der Waals surface area contributed by atoms with Crippen LogP contribution in [0.3, 0.4) is 0 Å². The molecular weight excluding hydrogens is 230 g/mol. The van der Waals surface area contributed by atoms with Gasteiger partial charge in [-0.25, -0.2) is 0 Å². The summed E-state index contributed by atoms with van der Waals surface area (Å²) in [5.74, 6) is -0.104. The molecule has 0 saturated carbocycles. The second kappa shape index (κ2) is 4.23. The molecular formula is C9H7N3O3S. The van der Waals surface area contributed by atoms with Crippen LogP contribution in [-0.4, -0.2) is 20.5 Å². The molecule has 2 aromatic heterocycles. The zero-order valence-corrected chi connectivity index (χ0v) is 8.88. The second-order valence-electron chi connectivity index (χ2n) is 3.05. The zero-order valence-electron chi connectivity index (χ0n) is 8.07. The van der Waals surface area contributed by atoms with Crippen LogP contribution in [0.5, 0.6) is 0 Å². The minimum atomic E-state index is -0.543. The molecule has 7 heteroatoms. The number of hydrogen-bond acceptors (Lipinski definition) is 5. The molecule has 16 heavy (non-hydrogen) atoms. The lowest BCUT2D eigenvalue weighted by molar-refractivity contribution is -0.385. The normalized spacial score (nSPS) is 10.2. The van der Waals surface area contributed by atoms with Gasteiger partial charge < -0.3 is 0 Å². The average molecular weight is 237 g/mol. The maximum Gasteiger partial charge on any atom is 0.307 e. The molecule has 0 aromatic carbocycles. The molecule has 6 nitrogen and oxygen atoms in total. The Morgan fingerprint density at radius 3 is 3.00 bits per heavy atom. The van der Waals surface area contributed by atoms with E-state index in [1.807, 2.05) is 0 Å². The molecule has 0 saturated heterocycles. The molecule has 2 heterocycles. The summed E-state index contributed by atoms with van der Waals surface area (Å²) in [7, 11) is 0. The SMILES string of the molecule is O=C(Cn1cc([N+](=O)[O-])cn1)c1cccs1. The Hall–Kier alpha value is -2.02. The monoisotopic (exact) mass is 237 g/mol.